The van der Waals surface area contributed by atoms with Crippen molar-refractivity contribution in [3.8, 4) is 0 Å². The number of piperidine rings is 1. The van der Waals surface area contributed by atoms with Crippen LogP contribution in [0.1, 0.15) is 32.0 Å². The predicted molar refractivity (Wildman–Crippen MR) is 83.4 cm³/mol. The molecule has 1 amide bonds. The highest BCUT2D eigenvalue weighted by Crippen LogP contribution is 2.11. The number of nitrogens with one attached hydrogen (secondary N) is 2. The second-order valence-electron chi connectivity index (χ2n) is 6.25. The van der Waals surface area contributed by atoms with Gasteiger partial charge in [-0.15, -0.1) is 0 Å². The predicted octanol–water partition coefficient (Wildman–Crippen LogP) is -0.217. The summed E-state index contributed by atoms with van der Waals surface area (Å²) in [5.74, 6) is 1.16. The summed E-state index contributed by atoms with van der Waals surface area (Å²) in [5, 5.41) is 10.7. The lowest BCUT2D eigenvalue weighted by atomic mass is 10.1. The van der Waals surface area contributed by atoms with Gasteiger partial charge in [-0.1, -0.05) is 6.92 Å². The lowest BCUT2D eigenvalue weighted by Gasteiger charge is -2.31. The Bertz CT molecular complexity index is 494. The molecule has 0 radical (unpaired) electrons. The molecule has 2 N–H and O–H groups in total. The van der Waals surface area contributed by atoms with E-state index in [1.165, 1.54) is 0 Å². The van der Waals surface area contributed by atoms with Crippen LogP contribution >= 0.6 is 0 Å². The van der Waals surface area contributed by atoms with E-state index in [0.717, 1.165) is 57.7 Å². The van der Waals surface area contributed by atoms with Crippen molar-refractivity contribution in [3.63, 3.8) is 0 Å². The first-order valence-corrected chi connectivity index (χ1v) is 8.36. The summed E-state index contributed by atoms with van der Waals surface area (Å²) in [6.45, 7) is 6.67. The van der Waals surface area contributed by atoms with Crippen molar-refractivity contribution in [3.05, 3.63) is 12.2 Å². The molecule has 2 aliphatic heterocycles. The summed E-state index contributed by atoms with van der Waals surface area (Å²) < 4.78 is 1.93. The van der Waals surface area contributed by atoms with Crippen LogP contribution in [-0.2, 0) is 17.8 Å². The zero-order chi connectivity index (χ0) is 15.4. The molecule has 0 unspecified atom stereocenters. The van der Waals surface area contributed by atoms with Crippen molar-refractivity contribution in [1.82, 2.24) is 30.3 Å². The summed E-state index contributed by atoms with van der Waals surface area (Å²) in [5.41, 5.74) is 0. The molecule has 0 saturated carbocycles. The topological polar surface area (TPSA) is 75.1 Å². The third-order valence-corrected chi connectivity index (χ3v) is 4.76. The Balaban J connectivity index is 1.36. The standard InChI is InChI=1S/C15H26N6O/c1-2-20-7-5-12(6-8-20)19-15(22)9-16-13-3-4-14-17-11-18-21(14)10-13/h11-13,16H,2-10H2,1H3,(H,19,22)/t13-/m0/s1. The van der Waals surface area contributed by atoms with Gasteiger partial charge in [-0.2, -0.15) is 5.10 Å². The van der Waals surface area contributed by atoms with Gasteiger partial charge in [0.15, 0.2) is 0 Å². The first-order chi connectivity index (χ1) is 10.7. The van der Waals surface area contributed by atoms with Gasteiger partial charge >= 0.3 is 0 Å². The molecule has 3 rings (SSSR count). The molecule has 7 heteroatoms. The Labute approximate surface area is 131 Å². The van der Waals surface area contributed by atoms with Crippen LogP contribution in [0, 0.1) is 0 Å². The van der Waals surface area contributed by atoms with Gasteiger partial charge in [0, 0.05) is 31.6 Å². The van der Waals surface area contributed by atoms with Gasteiger partial charge in [0.05, 0.1) is 13.1 Å². The second kappa shape index (κ2) is 7.19. The fraction of sp³-hybridized carbons (Fsp3) is 0.800. The summed E-state index contributed by atoms with van der Waals surface area (Å²) in [7, 11) is 0. The van der Waals surface area contributed by atoms with Crippen molar-refractivity contribution in [2.24, 2.45) is 0 Å². The van der Waals surface area contributed by atoms with Gasteiger partial charge in [0.1, 0.15) is 12.2 Å². The molecule has 1 aromatic rings. The van der Waals surface area contributed by atoms with E-state index in [2.05, 4.69) is 32.5 Å². The average molecular weight is 306 g/mol. The lowest BCUT2D eigenvalue weighted by molar-refractivity contribution is -0.121. The van der Waals surface area contributed by atoms with Crippen LogP contribution in [0.25, 0.3) is 0 Å². The molecule has 2 aliphatic rings. The van der Waals surface area contributed by atoms with Crippen LogP contribution < -0.4 is 10.6 Å². The van der Waals surface area contributed by atoms with Crippen molar-refractivity contribution >= 4 is 5.91 Å². The van der Waals surface area contributed by atoms with E-state index >= 15 is 0 Å². The van der Waals surface area contributed by atoms with Crippen LogP contribution in [0.5, 0.6) is 0 Å². The number of carbonyl (C=O) groups excluding carboxylic acids is 1. The Kier molecular flexibility index (Phi) is 5.04. The van der Waals surface area contributed by atoms with Crippen LogP contribution in [0.2, 0.25) is 0 Å². The number of likely N-dealkylation sites (tertiary alicyclic amines) is 1. The normalized spacial score (nSPS) is 23.2. The molecular formula is C15H26N6O. The largest absolute Gasteiger partial charge is 0.352 e. The molecule has 1 aromatic heterocycles. The highest BCUT2D eigenvalue weighted by atomic mass is 16.2. The van der Waals surface area contributed by atoms with E-state index in [1.54, 1.807) is 6.33 Å². The third-order valence-electron chi connectivity index (χ3n) is 4.76. The van der Waals surface area contributed by atoms with Crippen molar-refractivity contribution in [2.75, 3.05) is 26.2 Å². The van der Waals surface area contributed by atoms with E-state index in [4.69, 9.17) is 0 Å². The number of hydrogen-bond donors (Lipinski definition) is 2. The average Bonchev–Trinajstić information content (AvgIpc) is 3.01. The minimum absolute atomic E-state index is 0.110. The Hall–Kier alpha value is -1.47. The first-order valence-electron chi connectivity index (χ1n) is 8.36. The number of carbonyl (C=O) groups is 1. The Morgan fingerprint density at radius 2 is 2.14 bits per heavy atom. The van der Waals surface area contributed by atoms with Crippen molar-refractivity contribution < 1.29 is 4.79 Å². The molecule has 3 heterocycles. The van der Waals surface area contributed by atoms with Crippen LogP contribution in [0.3, 0.4) is 0 Å². The summed E-state index contributed by atoms with van der Waals surface area (Å²) in [6, 6.07) is 0.646. The monoisotopic (exact) mass is 306 g/mol. The highest BCUT2D eigenvalue weighted by Gasteiger charge is 2.22. The minimum Gasteiger partial charge on any atom is -0.352 e. The molecular weight excluding hydrogens is 280 g/mol. The Morgan fingerprint density at radius 1 is 1.32 bits per heavy atom. The van der Waals surface area contributed by atoms with Crippen LogP contribution in [-0.4, -0.2) is 63.8 Å². The summed E-state index contributed by atoms with van der Waals surface area (Å²) in [4.78, 5) is 18.7. The minimum atomic E-state index is 0.110. The molecule has 22 heavy (non-hydrogen) atoms. The van der Waals surface area contributed by atoms with Crippen LogP contribution in [0.4, 0.5) is 0 Å². The lowest BCUT2D eigenvalue weighted by Crippen LogP contribution is -2.48. The van der Waals surface area contributed by atoms with Gasteiger partial charge in [-0.3, -0.25) is 4.79 Å². The first kappa shape index (κ1) is 15.4. The molecule has 1 atom stereocenters. The SMILES string of the molecule is CCN1CCC(NC(=O)CN[C@H]2CCc3ncnn3C2)CC1. The molecule has 7 nitrogen and oxygen atoms in total. The second-order valence-corrected chi connectivity index (χ2v) is 6.25. The van der Waals surface area contributed by atoms with Gasteiger partial charge in [-0.25, -0.2) is 9.67 Å². The van der Waals surface area contributed by atoms with Gasteiger partial charge in [-0.05, 0) is 25.8 Å². The zero-order valence-electron chi connectivity index (χ0n) is 13.3. The van der Waals surface area contributed by atoms with Gasteiger partial charge < -0.3 is 15.5 Å². The van der Waals surface area contributed by atoms with Crippen molar-refractivity contribution in [2.45, 2.75) is 51.2 Å². The number of hydrogen-bond acceptors (Lipinski definition) is 5. The maximum Gasteiger partial charge on any atom is 0.234 e. The quantitative estimate of drug-likeness (QED) is 0.787. The molecule has 0 bridgehead atoms. The zero-order valence-corrected chi connectivity index (χ0v) is 13.3. The fourth-order valence-corrected chi connectivity index (χ4v) is 3.31. The number of amides is 1. The van der Waals surface area contributed by atoms with E-state index in [-0.39, 0.29) is 5.91 Å². The molecule has 0 aliphatic carbocycles. The van der Waals surface area contributed by atoms with Crippen LogP contribution in [0.15, 0.2) is 6.33 Å². The van der Waals surface area contributed by atoms with Crippen molar-refractivity contribution in [1.29, 1.82) is 0 Å². The maximum absolute atomic E-state index is 12.1. The fourth-order valence-electron chi connectivity index (χ4n) is 3.31. The van der Waals surface area contributed by atoms with Gasteiger partial charge in [0.25, 0.3) is 0 Å². The molecule has 1 saturated heterocycles. The molecule has 0 aromatic carbocycles. The number of rotatable bonds is 5. The van der Waals surface area contributed by atoms with Gasteiger partial charge in [0.2, 0.25) is 5.91 Å². The number of nitrogens with zero attached hydrogens (tertiary/aromatic N) is 4. The smallest absolute Gasteiger partial charge is 0.234 e. The van der Waals surface area contributed by atoms with E-state index in [9.17, 15) is 4.79 Å². The number of fused-ring (bicyclic) bond motifs is 1. The summed E-state index contributed by atoms with van der Waals surface area (Å²) in [6.07, 6.45) is 5.67. The molecule has 0 spiro atoms. The van der Waals surface area contributed by atoms with E-state index in [1.807, 2.05) is 4.68 Å². The molecule has 122 valence electrons. The highest BCUT2D eigenvalue weighted by molar-refractivity contribution is 5.78. The van der Waals surface area contributed by atoms with E-state index in [0.29, 0.717) is 18.6 Å². The number of aryl methyl sites for hydroxylation is 1. The number of aromatic nitrogens is 3. The maximum atomic E-state index is 12.1. The summed E-state index contributed by atoms with van der Waals surface area (Å²) >= 11 is 0. The third kappa shape index (κ3) is 3.84. The molecule has 1 fully saturated rings. The van der Waals surface area contributed by atoms with E-state index < -0.39 is 0 Å². The Morgan fingerprint density at radius 3 is 2.91 bits per heavy atom.